The molecule has 0 amide bonds. The van der Waals surface area contributed by atoms with Gasteiger partial charge in [-0.1, -0.05) is 0 Å². The van der Waals surface area contributed by atoms with E-state index in [1.807, 2.05) is 17.1 Å². The van der Waals surface area contributed by atoms with E-state index in [1.165, 1.54) is 6.42 Å². The molecule has 1 aromatic heterocycles. The Hall–Kier alpha value is -0.390. The third-order valence-corrected chi connectivity index (χ3v) is 2.99. The van der Waals surface area contributed by atoms with Gasteiger partial charge in [-0.3, -0.25) is 4.68 Å². The summed E-state index contributed by atoms with van der Waals surface area (Å²) in [5, 5.41) is 7.62. The fourth-order valence-electron chi connectivity index (χ4n) is 1.70. The Kier molecular flexibility index (Phi) is 4.17. The van der Waals surface area contributed by atoms with Crippen LogP contribution in [0.3, 0.4) is 0 Å². The summed E-state index contributed by atoms with van der Waals surface area (Å²) in [6.07, 6.45) is 4.99. The Balaban J connectivity index is 1.58. The fraction of sp³-hybridized carbons (Fsp3) is 0.700. The minimum absolute atomic E-state index is 0.703. The molecule has 1 unspecified atom stereocenters. The molecule has 1 atom stereocenters. The number of halogens is 1. The minimum atomic E-state index is 0.703. The van der Waals surface area contributed by atoms with Crippen LogP contribution in [0, 0.1) is 5.92 Å². The molecule has 4 nitrogen and oxygen atoms in total. The average Bonchev–Trinajstić information content (AvgIpc) is 2.84. The highest BCUT2D eigenvalue weighted by molar-refractivity contribution is 9.10. The van der Waals surface area contributed by atoms with Crippen molar-refractivity contribution in [1.82, 2.24) is 15.1 Å². The maximum absolute atomic E-state index is 5.31. The molecule has 0 radical (unpaired) electrons. The fourth-order valence-corrected chi connectivity index (χ4v) is 2.03. The molecule has 0 aliphatic carbocycles. The quantitative estimate of drug-likeness (QED) is 0.822. The van der Waals surface area contributed by atoms with E-state index in [0.717, 1.165) is 37.3 Å². The lowest BCUT2D eigenvalue weighted by atomic mass is 10.1. The molecule has 5 heteroatoms. The molecule has 1 aliphatic rings. The first-order chi connectivity index (χ1) is 7.34. The van der Waals surface area contributed by atoms with Crippen LogP contribution in [0.2, 0.25) is 0 Å². The number of hydrogen-bond acceptors (Lipinski definition) is 3. The van der Waals surface area contributed by atoms with Gasteiger partial charge in [-0.2, -0.15) is 5.10 Å². The van der Waals surface area contributed by atoms with Crippen molar-refractivity contribution in [2.24, 2.45) is 5.92 Å². The summed E-state index contributed by atoms with van der Waals surface area (Å²) in [5.41, 5.74) is 0. The minimum Gasteiger partial charge on any atom is -0.381 e. The van der Waals surface area contributed by atoms with Crippen molar-refractivity contribution in [3.63, 3.8) is 0 Å². The molecule has 1 saturated heterocycles. The monoisotopic (exact) mass is 273 g/mol. The molecule has 2 rings (SSSR count). The van der Waals surface area contributed by atoms with Gasteiger partial charge >= 0.3 is 0 Å². The van der Waals surface area contributed by atoms with Gasteiger partial charge in [0.05, 0.1) is 23.8 Å². The van der Waals surface area contributed by atoms with Gasteiger partial charge < -0.3 is 10.1 Å². The Labute approximate surface area is 98.1 Å². The van der Waals surface area contributed by atoms with Crippen LogP contribution in [0.15, 0.2) is 16.9 Å². The molecule has 0 saturated carbocycles. The van der Waals surface area contributed by atoms with Crippen LogP contribution in [-0.2, 0) is 11.3 Å². The highest BCUT2D eigenvalue weighted by Gasteiger charge is 2.14. The molecular formula is C10H16BrN3O. The second-order valence-corrected chi connectivity index (χ2v) is 4.77. The molecule has 0 bridgehead atoms. The molecule has 84 valence electrons. The molecular weight excluding hydrogens is 258 g/mol. The van der Waals surface area contributed by atoms with Gasteiger partial charge in [0.25, 0.3) is 0 Å². The largest absolute Gasteiger partial charge is 0.381 e. The van der Waals surface area contributed by atoms with Crippen LogP contribution >= 0.6 is 15.9 Å². The highest BCUT2D eigenvalue weighted by Crippen LogP contribution is 2.10. The normalized spacial score (nSPS) is 21.0. The Morgan fingerprint density at radius 2 is 2.60 bits per heavy atom. The van der Waals surface area contributed by atoms with Crippen molar-refractivity contribution in [3.8, 4) is 0 Å². The Morgan fingerprint density at radius 1 is 1.67 bits per heavy atom. The molecule has 15 heavy (non-hydrogen) atoms. The molecule has 1 aliphatic heterocycles. The van der Waals surface area contributed by atoms with E-state index in [-0.39, 0.29) is 0 Å². The van der Waals surface area contributed by atoms with E-state index in [0.29, 0.717) is 5.92 Å². The third-order valence-electron chi connectivity index (χ3n) is 2.58. The van der Waals surface area contributed by atoms with Crippen LogP contribution < -0.4 is 5.32 Å². The zero-order chi connectivity index (χ0) is 10.5. The first-order valence-corrected chi connectivity index (χ1v) is 6.10. The first-order valence-electron chi connectivity index (χ1n) is 5.31. The van der Waals surface area contributed by atoms with E-state index in [4.69, 9.17) is 4.74 Å². The first kappa shape index (κ1) is 11.1. The van der Waals surface area contributed by atoms with Gasteiger partial charge in [0.15, 0.2) is 0 Å². The van der Waals surface area contributed by atoms with E-state index in [2.05, 4.69) is 26.3 Å². The second-order valence-electron chi connectivity index (χ2n) is 3.86. The number of nitrogens with zero attached hydrogens (tertiary/aromatic N) is 2. The lowest BCUT2D eigenvalue weighted by molar-refractivity contribution is 0.185. The van der Waals surface area contributed by atoms with E-state index in [9.17, 15) is 0 Å². The molecule has 1 aromatic rings. The molecule has 1 fully saturated rings. The van der Waals surface area contributed by atoms with Crippen molar-refractivity contribution in [3.05, 3.63) is 16.9 Å². The van der Waals surface area contributed by atoms with Gasteiger partial charge in [-0.05, 0) is 28.3 Å². The van der Waals surface area contributed by atoms with Crippen LogP contribution in [0.4, 0.5) is 0 Å². The lowest BCUT2D eigenvalue weighted by Gasteiger charge is -2.08. The lowest BCUT2D eigenvalue weighted by Crippen LogP contribution is -2.26. The third kappa shape index (κ3) is 3.59. The predicted molar refractivity (Wildman–Crippen MR) is 61.7 cm³/mol. The van der Waals surface area contributed by atoms with E-state index < -0.39 is 0 Å². The molecule has 0 aromatic carbocycles. The highest BCUT2D eigenvalue weighted by atomic mass is 79.9. The van der Waals surface area contributed by atoms with Gasteiger partial charge in [0.2, 0.25) is 0 Å². The summed E-state index contributed by atoms with van der Waals surface area (Å²) in [7, 11) is 0. The summed E-state index contributed by atoms with van der Waals surface area (Å²) in [5.74, 6) is 0.703. The molecule has 1 N–H and O–H groups in total. The SMILES string of the molecule is Brc1cnn(CCNCC2CCOC2)c1. The molecule has 2 heterocycles. The van der Waals surface area contributed by atoms with Gasteiger partial charge in [0.1, 0.15) is 0 Å². The average molecular weight is 274 g/mol. The Bertz CT molecular complexity index is 297. The second kappa shape index (κ2) is 5.63. The summed E-state index contributed by atoms with van der Waals surface area (Å²) in [6, 6.07) is 0. The van der Waals surface area contributed by atoms with Crippen molar-refractivity contribution in [1.29, 1.82) is 0 Å². The van der Waals surface area contributed by atoms with Crippen LogP contribution in [0.25, 0.3) is 0 Å². The van der Waals surface area contributed by atoms with E-state index in [1.54, 1.807) is 0 Å². The predicted octanol–water partition coefficient (Wildman–Crippen LogP) is 1.27. The number of aromatic nitrogens is 2. The number of nitrogens with one attached hydrogen (secondary N) is 1. The Morgan fingerprint density at radius 3 is 3.27 bits per heavy atom. The van der Waals surface area contributed by atoms with Crippen molar-refractivity contribution in [2.75, 3.05) is 26.3 Å². The van der Waals surface area contributed by atoms with Gasteiger partial charge in [-0.25, -0.2) is 0 Å². The zero-order valence-electron chi connectivity index (χ0n) is 8.66. The maximum atomic E-state index is 5.31. The van der Waals surface area contributed by atoms with Gasteiger partial charge in [0, 0.05) is 25.9 Å². The molecule has 0 spiro atoms. The van der Waals surface area contributed by atoms with Crippen LogP contribution in [0.5, 0.6) is 0 Å². The van der Waals surface area contributed by atoms with E-state index >= 15 is 0 Å². The zero-order valence-corrected chi connectivity index (χ0v) is 10.2. The number of rotatable bonds is 5. The van der Waals surface area contributed by atoms with Crippen LogP contribution in [-0.4, -0.2) is 36.1 Å². The maximum Gasteiger partial charge on any atom is 0.0632 e. The van der Waals surface area contributed by atoms with Crippen molar-refractivity contribution < 1.29 is 4.74 Å². The number of hydrogen-bond donors (Lipinski definition) is 1. The van der Waals surface area contributed by atoms with Gasteiger partial charge in [-0.15, -0.1) is 0 Å². The van der Waals surface area contributed by atoms with Crippen molar-refractivity contribution in [2.45, 2.75) is 13.0 Å². The summed E-state index contributed by atoms with van der Waals surface area (Å²) >= 11 is 3.37. The summed E-state index contributed by atoms with van der Waals surface area (Å²) in [4.78, 5) is 0. The standard InChI is InChI=1S/C10H16BrN3O/c11-10-6-13-14(7-10)3-2-12-5-9-1-4-15-8-9/h6-7,9,12H,1-5,8H2. The van der Waals surface area contributed by atoms with Crippen molar-refractivity contribution >= 4 is 15.9 Å². The number of ether oxygens (including phenoxy) is 1. The summed E-state index contributed by atoms with van der Waals surface area (Å²) < 4.78 is 8.28. The van der Waals surface area contributed by atoms with Crippen LogP contribution in [0.1, 0.15) is 6.42 Å². The summed E-state index contributed by atoms with van der Waals surface area (Å²) in [6.45, 7) is 4.78. The topological polar surface area (TPSA) is 39.1 Å². The smallest absolute Gasteiger partial charge is 0.0632 e.